The number of carbonyl (C=O) groups is 1. The van der Waals surface area contributed by atoms with E-state index in [2.05, 4.69) is 38.2 Å². The van der Waals surface area contributed by atoms with Gasteiger partial charge in [-0.05, 0) is 64.2 Å². The second kappa shape index (κ2) is 27.0. The summed E-state index contributed by atoms with van der Waals surface area (Å²) in [6, 6.07) is 0. The van der Waals surface area contributed by atoms with E-state index in [-0.39, 0.29) is 5.97 Å². The van der Waals surface area contributed by atoms with Crippen molar-refractivity contribution < 1.29 is 9.53 Å². The lowest BCUT2D eigenvalue weighted by Crippen LogP contribution is -2.05. The maximum absolute atomic E-state index is 11.8. The lowest BCUT2D eigenvalue weighted by molar-refractivity contribution is -0.143. The molecule has 0 saturated carbocycles. The zero-order valence-corrected chi connectivity index (χ0v) is 21.2. The van der Waals surface area contributed by atoms with Crippen molar-refractivity contribution in [2.24, 2.45) is 0 Å². The van der Waals surface area contributed by atoms with Crippen molar-refractivity contribution in [3.63, 3.8) is 0 Å². The number of esters is 1. The first-order valence-electron chi connectivity index (χ1n) is 13.8. The van der Waals surface area contributed by atoms with Gasteiger partial charge in [0.15, 0.2) is 0 Å². The van der Waals surface area contributed by atoms with Crippen LogP contribution in [-0.4, -0.2) is 12.6 Å². The first-order chi connectivity index (χ1) is 15.3. The third-order valence-electron chi connectivity index (χ3n) is 5.81. The molecular formula is C29H54O2. The van der Waals surface area contributed by atoms with Crippen LogP contribution in [0.3, 0.4) is 0 Å². The van der Waals surface area contributed by atoms with Crippen molar-refractivity contribution in [1.82, 2.24) is 0 Å². The molecule has 182 valence electrons. The van der Waals surface area contributed by atoms with E-state index in [0.717, 1.165) is 38.5 Å². The molecule has 2 nitrogen and oxygen atoms in total. The Bertz CT molecular complexity index is 411. The highest BCUT2D eigenvalue weighted by Crippen LogP contribution is 2.10. The summed E-state index contributed by atoms with van der Waals surface area (Å²) < 4.78 is 5.35. The Hall–Kier alpha value is -1.05. The molecule has 0 aliphatic heterocycles. The normalized spacial score (nSPS) is 11.7. The number of hydrogen-bond donors (Lipinski definition) is 0. The predicted molar refractivity (Wildman–Crippen MR) is 138 cm³/mol. The standard InChI is InChI=1S/C29H54O2/c1-3-5-7-9-11-13-15-16-17-18-20-22-24-26-28-31-29(30)27-25-23-21-19-14-12-10-8-6-4-2/h12,14,18,20H,3-11,13,15-17,19,21-28H2,1-2H3/b14-12-,20-18+. The summed E-state index contributed by atoms with van der Waals surface area (Å²) in [4.78, 5) is 11.8. The largest absolute Gasteiger partial charge is 0.466 e. The summed E-state index contributed by atoms with van der Waals surface area (Å²) >= 11 is 0. The van der Waals surface area contributed by atoms with E-state index in [1.807, 2.05) is 0 Å². The van der Waals surface area contributed by atoms with Crippen LogP contribution in [0.25, 0.3) is 0 Å². The van der Waals surface area contributed by atoms with Gasteiger partial charge in [-0.3, -0.25) is 4.79 Å². The molecule has 0 fully saturated rings. The summed E-state index contributed by atoms with van der Waals surface area (Å²) in [6.07, 6.45) is 35.0. The second-order valence-electron chi connectivity index (χ2n) is 9.02. The van der Waals surface area contributed by atoms with Gasteiger partial charge in [0.1, 0.15) is 0 Å². The predicted octanol–water partition coefficient (Wildman–Crippen LogP) is 9.87. The smallest absolute Gasteiger partial charge is 0.305 e. The van der Waals surface area contributed by atoms with Gasteiger partial charge >= 0.3 is 5.97 Å². The zero-order valence-electron chi connectivity index (χ0n) is 21.2. The van der Waals surface area contributed by atoms with E-state index < -0.39 is 0 Å². The van der Waals surface area contributed by atoms with Crippen LogP contribution in [0.2, 0.25) is 0 Å². The minimum atomic E-state index is -0.0136. The summed E-state index contributed by atoms with van der Waals surface area (Å²) in [5, 5.41) is 0. The van der Waals surface area contributed by atoms with E-state index in [1.54, 1.807) is 0 Å². The molecule has 0 spiro atoms. The van der Waals surface area contributed by atoms with E-state index in [4.69, 9.17) is 4.74 Å². The van der Waals surface area contributed by atoms with Crippen LogP contribution >= 0.6 is 0 Å². The molecule has 0 N–H and O–H groups in total. The Morgan fingerprint density at radius 3 is 1.45 bits per heavy atom. The van der Waals surface area contributed by atoms with Crippen molar-refractivity contribution in [1.29, 1.82) is 0 Å². The Kier molecular flexibility index (Phi) is 26.1. The summed E-state index contributed by atoms with van der Waals surface area (Å²) in [5.74, 6) is -0.0136. The maximum Gasteiger partial charge on any atom is 0.305 e. The molecule has 0 radical (unpaired) electrons. The number of carbonyl (C=O) groups excluding carboxylic acids is 1. The number of allylic oxidation sites excluding steroid dienone is 4. The summed E-state index contributed by atoms with van der Waals surface area (Å²) in [6.45, 7) is 5.11. The third-order valence-corrected chi connectivity index (χ3v) is 5.81. The van der Waals surface area contributed by atoms with E-state index in [0.29, 0.717) is 13.0 Å². The minimum Gasteiger partial charge on any atom is -0.466 e. The van der Waals surface area contributed by atoms with Crippen LogP contribution in [0.5, 0.6) is 0 Å². The fraction of sp³-hybridized carbons (Fsp3) is 0.828. The van der Waals surface area contributed by atoms with Crippen molar-refractivity contribution in [2.45, 2.75) is 149 Å². The lowest BCUT2D eigenvalue weighted by atomic mass is 10.1. The molecule has 0 amide bonds. The topological polar surface area (TPSA) is 26.3 Å². The highest BCUT2D eigenvalue weighted by atomic mass is 16.5. The first kappa shape index (κ1) is 29.9. The van der Waals surface area contributed by atoms with Crippen molar-refractivity contribution in [3.8, 4) is 0 Å². The van der Waals surface area contributed by atoms with Crippen LogP contribution in [0.1, 0.15) is 149 Å². The summed E-state index contributed by atoms with van der Waals surface area (Å²) in [7, 11) is 0. The Labute approximate surface area is 195 Å². The molecular weight excluding hydrogens is 380 g/mol. The van der Waals surface area contributed by atoms with Crippen molar-refractivity contribution in [3.05, 3.63) is 24.3 Å². The van der Waals surface area contributed by atoms with Gasteiger partial charge in [-0.2, -0.15) is 0 Å². The van der Waals surface area contributed by atoms with E-state index in [9.17, 15) is 4.79 Å². The molecule has 0 aromatic carbocycles. The highest BCUT2D eigenvalue weighted by Gasteiger charge is 2.01. The molecule has 0 heterocycles. The molecule has 0 aliphatic carbocycles. The number of hydrogen-bond acceptors (Lipinski definition) is 2. The van der Waals surface area contributed by atoms with Gasteiger partial charge in [-0.1, -0.05) is 102 Å². The molecule has 0 unspecified atom stereocenters. The lowest BCUT2D eigenvalue weighted by Gasteiger charge is -2.04. The molecule has 0 aromatic heterocycles. The van der Waals surface area contributed by atoms with Crippen LogP contribution < -0.4 is 0 Å². The minimum absolute atomic E-state index is 0.0136. The van der Waals surface area contributed by atoms with Crippen molar-refractivity contribution in [2.75, 3.05) is 6.61 Å². The zero-order chi connectivity index (χ0) is 22.7. The quantitative estimate of drug-likeness (QED) is 0.0858. The average molecular weight is 435 g/mol. The Morgan fingerprint density at radius 2 is 0.903 bits per heavy atom. The molecule has 0 aromatic rings. The first-order valence-corrected chi connectivity index (χ1v) is 13.8. The van der Waals surface area contributed by atoms with Crippen LogP contribution in [0.15, 0.2) is 24.3 Å². The Morgan fingerprint density at radius 1 is 0.516 bits per heavy atom. The molecule has 31 heavy (non-hydrogen) atoms. The molecule has 0 aliphatic rings. The van der Waals surface area contributed by atoms with Gasteiger partial charge in [0, 0.05) is 6.42 Å². The molecule has 2 heteroatoms. The van der Waals surface area contributed by atoms with Gasteiger partial charge in [0.2, 0.25) is 0 Å². The van der Waals surface area contributed by atoms with Crippen LogP contribution in [0, 0.1) is 0 Å². The van der Waals surface area contributed by atoms with E-state index in [1.165, 1.54) is 89.9 Å². The van der Waals surface area contributed by atoms with Crippen LogP contribution in [-0.2, 0) is 9.53 Å². The van der Waals surface area contributed by atoms with Gasteiger partial charge < -0.3 is 4.74 Å². The van der Waals surface area contributed by atoms with Crippen LogP contribution in [0.4, 0.5) is 0 Å². The molecule has 0 saturated heterocycles. The molecule has 0 bridgehead atoms. The average Bonchev–Trinajstić information content (AvgIpc) is 2.77. The third kappa shape index (κ3) is 26.9. The van der Waals surface area contributed by atoms with Gasteiger partial charge in [0.25, 0.3) is 0 Å². The van der Waals surface area contributed by atoms with Gasteiger partial charge in [-0.25, -0.2) is 0 Å². The molecule has 0 rings (SSSR count). The monoisotopic (exact) mass is 434 g/mol. The van der Waals surface area contributed by atoms with Gasteiger partial charge in [-0.15, -0.1) is 0 Å². The number of rotatable bonds is 24. The van der Waals surface area contributed by atoms with Crippen molar-refractivity contribution >= 4 is 5.97 Å². The second-order valence-corrected chi connectivity index (χ2v) is 9.02. The maximum atomic E-state index is 11.8. The number of unbranched alkanes of at least 4 members (excludes halogenated alkanes) is 16. The fourth-order valence-corrected chi connectivity index (χ4v) is 3.71. The highest BCUT2D eigenvalue weighted by molar-refractivity contribution is 5.69. The Balaban J connectivity index is 3.26. The van der Waals surface area contributed by atoms with Gasteiger partial charge in [0.05, 0.1) is 6.61 Å². The van der Waals surface area contributed by atoms with E-state index >= 15 is 0 Å². The SMILES string of the molecule is CCCCC/C=C\CCCCCC(=O)OCCCC/C=C/CCCCCCCCCC. The summed E-state index contributed by atoms with van der Waals surface area (Å²) in [5.41, 5.74) is 0. The fourth-order valence-electron chi connectivity index (χ4n) is 3.71. The number of ether oxygens (including phenoxy) is 1. The molecule has 0 atom stereocenters.